The number of carbonyl (C=O) groups excluding carboxylic acids is 2. The van der Waals surface area contributed by atoms with Gasteiger partial charge in [-0.3, -0.25) is 4.79 Å². The van der Waals surface area contributed by atoms with Gasteiger partial charge in [0, 0.05) is 35.1 Å². The molecule has 230 valence electrons. The van der Waals surface area contributed by atoms with Crippen molar-refractivity contribution < 1.29 is 28.5 Å². The van der Waals surface area contributed by atoms with Gasteiger partial charge in [0.25, 0.3) is 0 Å². The number of ether oxygens (including phenoxy) is 4. The largest absolute Gasteiger partial charge is 0.493 e. The van der Waals surface area contributed by atoms with E-state index in [9.17, 15) is 9.59 Å². The lowest BCUT2D eigenvalue weighted by molar-refractivity contribution is -0.138. The molecule has 1 aliphatic carbocycles. The molecular formula is C36H39NO6S. The summed E-state index contributed by atoms with van der Waals surface area (Å²) in [6, 6.07) is 23.5. The standard InChI is InChI=1S/C36H39NO6S/c1-5-44-17-16-42-36(39)33-23(2)37-29-19-27(25-14-15-31(40-3)32(21-25)41-4)20-30(38)35(29)34(33)26-12-9-13-28(18-26)43-22-24-10-7-6-8-11-24/h6-15,18,21,27,34,37H,5,16-17,19-20,22H2,1-4H3/t27-,34-/m1/s1. The molecule has 1 aliphatic heterocycles. The lowest BCUT2D eigenvalue weighted by Gasteiger charge is -2.37. The molecule has 5 rings (SSSR count). The van der Waals surface area contributed by atoms with E-state index in [-0.39, 0.29) is 11.7 Å². The van der Waals surface area contributed by atoms with Gasteiger partial charge in [-0.05, 0) is 66.0 Å². The van der Waals surface area contributed by atoms with E-state index in [1.165, 1.54) is 0 Å². The van der Waals surface area contributed by atoms with E-state index in [4.69, 9.17) is 18.9 Å². The van der Waals surface area contributed by atoms with E-state index in [1.807, 2.05) is 79.7 Å². The van der Waals surface area contributed by atoms with Crippen molar-refractivity contribution in [3.8, 4) is 17.2 Å². The SMILES string of the molecule is CCSCCOC(=O)C1=C(C)NC2=C(C(=O)C[C@H](c3ccc(OC)c(OC)c3)C2)[C@@H]1c1cccc(OCc2ccccc2)c1. The number of thioether (sulfide) groups is 1. The summed E-state index contributed by atoms with van der Waals surface area (Å²) >= 11 is 1.72. The van der Waals surface area contributed by atoms with Crippen LogP contribution < -0.4 is 19.5 Å². The lowest BCUT2D eigenvalue weighted by Crippen LogP contribution is -2.36. The first-order chi connectivity index (χ1) is 21.4. The molecule has 0 amide bonds. The molecule has 0 bridgehead atoms. The van der Waals surface area contributed by atoms with E-state index >= 15 is 0 Å². The van der Waals surface area contributed by atoms with Crippen molar-refractivity contribution in [2.24, 2.45) is 0 Å². The number of carbonyl (C=O) groups is 2. The molecule has 0 unspecified atom stereocenters. The van der Waals surface area contributed by atoms with Crippen molar-refractivity contribution in [2.45, 2.75) is 45.1 Å². The molecule has 0 spiro atoms. The Balaban J connectivity index is 1.49. The lowest BCUT2D eigenvalue weighted by atomic mass is 9.71. The highest BCUT2D eigenvalue weighted by molar-refractivity contribution is 7.99. The van der Waals surface area contributed by atoms with Gasteiger partial charge < -0.3 is 24.3 Å². The number of Topliss-reactive ketones (excluding diaryl/α,β-unsaturated/α-hetero) is 1. The molecule has 0 saturated heterocycles. The van der Waals surface area contributed by atoms with Crippen LogP contribution in [0.15, 0.2) is 95.3 Å². The van der Waals surface area contributed by atoms with Crippen molar-refractivity contribution >= 4 is 23.5 Å². The smallest absolute Gasteiger partial charge is 0.336 e. The average Bonchev–Trinajstić information content (AvgIpc) is 3.05. The molecule has 0 radical (unpaired) electrons. The second kappa shape index (κ2) is 14.5. The molecule has 1 N–H and O–H groups in total. The average molecular weight is 614 g/mol. The first kappa shape index (κ1) is 31.3. The van der Waals surface area contributed by atoms with Gasteiger partial charge in [-0.15, -0.1) is 0 Å². The summed E-state index contributed by atoms with van der Waals surface area (Å²) in [7, 11) is 3.21. The number of esters is 1. The normalized spacial score (nSPS) is 18.0. The molecule has 44 heavy (non-hydrogen) atoms. The highest BCUT2D eigenvalue weighted by Gasteiger charge is 2.41. The summed E-state index contributed by atoms with van der Waals surface area (Å²) in [5.74, 6) is 2.57. The van der Waals surface area contributed by atoms with Crippen molar-refractivity contribution in [1.29, 1.82) is 0 Å². The minimum Gasteiger partial charge on any atom is -0.493 e. The molecule has 2 atom stereocenters. The molecule has 3 aromatic rings. The van der Waals surface area contributed by atoms with Gasteiger partial charge in [-0.2, -0.15) is 11.8 Å². The monoisotopic (exact) mass is 613 g/mol. The number of ketones is 1. The Kier molecular flexibility index (Phi) is 10.3. The topological polar surface area (TPSA) is 83.1 Å². The summed E-state index contributed by atoms with van der Waals surface area (Å²) in [5.41, 5.74) is 5.47. The van der Waals surface area contributed by atoms with Crippen LogP contribution >= 0.6 is 11.8 Å². The number of benzene rings is 3. The molecule has 0 saturated carbocycles. The zero-order valence-corrected chi connectivity index (χ0v) is 26.5. The van der Waals surface area contributed by atoms with Gasteiger partial charge in [0.15, 0.2) is 17.3 Å². The third-order valence-electron chi connectivity index (χ3n) is 8.03. The fourth-order valence-electron chi connectivity index (χ4n) is 5.93. The van der Waals surface area contributed by atoms with Gasteiger partial charge in [0.05, 0.1) is 19.8 Å². The van der Waals surface area contributed by atoms with E-state index < -0.39 is 11.9 Å². The highest BCUT2D eigenvalue weighted by Crippen LogP contribution is 2.47. The summed E-state index contributed by atoms with van der Waals surface area (Å²) in [4.78, 5) is 27.7. The number of dihydropyridines is 1. The van der Waals surface area contributed by atoms with Crippen LogP contribution in [0.1, 0.15) is 55.2 Å². The van der Waals surface area contributed by atoms with Crippen LogP contribution in [0.2, 0.25) is 0 Å². The third-order valence-corrected chi connectivity index (χ3v) is 8.89. The van der Waals surface area contributed by atoms with E-state index in [2.05, 4.69) is 12.2 Å². The molecule has 3 aromatic carbocycles. The minimum atomic E-state index is -0.572. The van der Waals surface area contributed by atoms with Crippen LogP contribution in [0.3, 0.4) is 0 Å². The fourth-order valence-corrected chi connectivity index (χ4v) is 6.42. The molecular weight excluding hydrogens is 574 g/mol. The first-order valence-electron chi connectivity index (χ1n) is 14.9. The summed E-state index contributed by atoms with van der Waals surface area (Å²) in [5, 5.41) is 3.44. The Morgan fingerprint density at radius 3 is 2.48 bits per heavy atom. The molecule has 8 heteroatoms. The van der Waals surface area contributed by atoms with Crippen molar-refractivity contribution in [1.82, 2.24) is 5.32 Å². The van der Waals surface area contributed by atoms with E-state index in [0.29, 0.717) is 60.1 Å². The Morgan fingerprint density at radius 2 is 1.73 bits per heavy atom. The number of hydrogen-bond acceptors (Lipinski definition) is 8. The number of nitrogens with one attached hydrogen (secondary N) is 1. The molecule has 0 fully saturated rings. The molecule has 2 aliphatic rings. The predicted octanol–water partition coefficient (Wildman–Crippen LogP) is 6.94. The van der Waals surface area contributed by atoms with Crippen LogP contribution in [-0.4, -0.2) is 44.1 Å². The first-order valence-corrected chi connectivity index (χ1v) is 16.1. The highest BCUT2D eigenvalue weighted by atomic mass is 32.2. The number of allylic oxidation sites excluding steroid dienone is 3. The van der Waals surface area contributed by atoms with Crippen molar-refractivity contribution in [2.75, 3.05) is 32.3 Å². The Morgan fingerprint density at radius 1 is 0.932 bits per heavy atom. The quantitative estimate of drug-likeness (QED) is 0.174. The zero-order chi connectivity index (χ0) is 31.1. The van der Waals surface area contributed by atoms with Gasteiger partial charge in [-0.25, -0.2) is 4.79 Å². The summed E-state index contributed by atoms with van der Waals surface area (Å²) in [6.07, 6.45) is 0.926. The van der Waals surface area contributed by atoms with Crippen LogP contribution in [0.4, 0.5) is 0 Å². The van der Waals surface area contributed by atoms with Crippen LogP contribution in [-0.2, 0) is 20.9 Å². The van der Waals surface area contributed by atoms with Gasteiger partial charge in [0.1, 0.15) is 19.0 Å². The Bertz CT molecular complexity index is 1560. The predicted molar refractivity (Wildman–Crippen MR) is 173 cm³/mol. The van der Waals surface area contributed by atoms with Crippen molar-refractivity contribution in [3.63, 3.8) is 0 Å². The second-order valence-corrected chi connectivity index (χ2v) is 12.2. The second-order valence-electron chi connectivity index (χ2n) is 10.8. The third kappa shape index (κ3) is 6.97. The fraction of sp³-hybridized carbons (Fsp3) is 0.333. The van der Waals surface area contributed by atoms with E-state index in [0.717, 1.165) is 33.9 Å². The van der Waals surface area contributed by atoms with E-state index in [1.54, 1.807) is 26.0 Å². The zero-order valence-electron chi connectivity index (χ0n) is 25.7. The molecule has 7 nitrogen and oxygen atoms in total. The molecule has 0 aromatic heterocycles. The van der Waals surface area contributed by atoms with Crippen molar-refractivity contribution in [3.05, 3.63) is 112 Å². The maximum atomic E-state index is 14.1. The van der Waals surface area contributed by atoms with Crippen LogP contribution in [0.5, 0.6) is 17.2 Å². The maximum Gasteiger partial charge on any atom is 0.336 e. The minimum absolute atomic E-state index is 0.00141. The maximum absolute atomic E-state index is 14.1. The van der Waals surface area contributed by atoms with Crippen LogP contribution in [0, 0.1) is 0 Å². The van der Waals surface area contributed by atoms with Gasteiger partial charge >= 0.3 is 5.97 Å². The van der Waals surface area contributed by atoms with Crippen LogP contribution in [0.25, 0.3) is 0 Å². The summed E-state index contributed by atoms with van der Waals surface area (Å²) in [6.45, 7) is 4.68. The molecule has 1 heterocycles. The Labute approximate surface area is 263 Å². The van der Waals surface area contributed by atoms with Gasteiger partial charge in [0.2, 0.25) is 0 Å². The summed E-state index contributed by atoms with van der Waals surface area (Å²) < 4.78 is 22.8. The number of hydrogen-bond donors (Lipinski definition) is 1. The number of rotatable bonds is 12. The Hall–Kier alpha value is -4.17. The number of methoxy groups -OCH3 is 2. The van der Waals surface area contributed by atoms with Gasteiger partial charge in [-0.1, -0.05) is 55.5 Å².